The van der Waals surface area contributed by atoms with Crippen LogP contribution in [0.15, 0.2) is 59.3 Å². The van der Waals surface area contributed by atoms with Crippen molar-refractivity contribution in [3.63, 3.8) is 0 Å². The topological polar surface area (TPSA) is 12.0 Å². The summed E-state index contributed by atoms with van der Waals surface area (Å²) in [6.07, 6.45) is 1.52. The first-order valence-electron chi connectivity index (χ1n) is 4.76. The van der Waals surface area contributed by atoms with E-state index in [4.69, 9.17) is 23.2 Å². The van der Waals surface area contributed by atoms with Crippen molar-refractivity contribution >= 4 is 28.9 Å². The lowest BCUT2D eigenvalue weighted by molar-refractivity contribution is 1.38. The fourth-order valence-corrected chi connectivity index (χ4v) is 1.57. The van der Waals surface area contributed by atoms with E-state index in [2.05, 4.69) is 18.5 Å². The molecule has 1 rings (SSSR count). The van der Waals surface area contributed by atoms with Crippen molar-refractivity contribution in [3.05, 3.63) is 64.8 Å². The van der Waals surface area contributed by atoms with E-state index in [1.807, 2.05) is 31.2 Å². The summed E-state index contributed by atoms with van der Waals surface area (Å²) in [5, 5.41) is 3.94. The highest BCUT2D eigenvalue weighted by Gasteiger charge is 2.06. The molecule has 0 radical (unpaired) electrons. The van der Waals surface area contributed by atoms with Gasteiger partial charge in [-0.25, -0.2) is 0 Å². The summed E-state index contributed by atoms with van der Waals surface area (Å²) in [4.78, 5) is 0. The number of para-hydroxylation sites is 1. The van der Waals surface area contributed by atoms with Gasteiger partial charge in [-0.05, 0) is 24.6 Å². The molecule has 0 saturated carbocycles. The van der Waals surface area contributed by atoms with Crippen LogP contribution >= 0.6 is 23.2 Å². The van der Waals surface area contributed by atoms with Gasteiger partial charge >= 0.3 is 0 Å². The van der Waals surface area contributed by atoms with Gasteiger partial charge in [-0.2, -0.15) is 0 Å². The molecule has 1 aromatic carbocycles. The van der Waals surface area contributed by atoms with Gasteiger partial charge in [-0.15, -0.1) is 0 Å². The fraction of sp³-hybridized carbons (Fsp3) is 0.0769. The number of allylic oxidation sites excluding steroid dienone is 3. The van der Waals surface area contributed by atoms with Crippen LogP contribution in [0.3, 0.4) is 0 Å². The van der Waals surface area contributed by atoms with Crippen LogP contribution in [0, 0.1) is 6.92 Å². The number of nitrogens with one attached hydrogen (secondary N) is 1. The first-order valence-corrected chi connectivity index (χ1v) is 5.51. The van der Waals surface area contributed by atoms with Crippen LogP contribution in [0.25, 0.3) is 0 Å². The molecule has 0 saturated heterocycles. The van der Waals surface area contributed by atoms with Gasteiger partial charge in [-0.3, -0.25) is 0 Å². The Labute approximate surface area is 106 Å². The van der Waals surface area contributed by atoms with E-state index in [0.29, 0.717) is 15.8 Å². The number of aryl methyl sites for hydroxylation is 1. The standard InChI is InChI=1S/C13H13Cl2N/c1-4-11(15)13(10(3)14)16-12-8-6-5-7-9(12)2/h4-8,16H,1,3H2,2H3/b13-11-. The number of hydrogen-bond acceptors (Lipinski definition) is 1. The van der Waals surface area contributed by atoms with Gasteiger partial charge in [0.2, 0.25) is 0 Å². The molecule has 0 spiro atoms. The van der Waals surface area contributed by atoms with Crippen LogP contribution in [0.2, 0.25) is 0 Å². The van der Waals surface area contributed by atoms with Gasteiger partial charge in [0.25, 0.3) is 0 Å². The number of halogens is 2. The van der Waals surface area contributed by atoms with Crippen LogP contribution in [0.5, 0.6) is 0 Å². The van der Waals surface area contributed by atoms with E-state index in [-0.39, 0.29) is 0 Å². The van der Waals surface area contributed by atoms with E-state index in [1.54, 1.807) is 0 Å². The summed E-state index contributed by atoms with van der Waals surface area (Å²) in [6.45, 7) is 9.26. The molecule has 0 fully saturated rings. The molecule has 0 aliphatic heterocycles. The molecule has 0 aromatic heterocycles. The maximum Gasteiger partial charge on any atom is 0.0756 e. The molecule has 0 unspecified atom stereocenters. The third-order valence-electron chi connectivity index (χ3n) is 2.09. The smallest absolute Gasteiger partial charge is 0.0756 e. The van der Waals surface area contributed by atoms with Crippen molar-refractivity contribution in [3.8, 4) is 0 Å². The number of anilines is 1. The minimum Gasteiger partial charge on any atom is -0.353 e. The fourth-order valence-electron chi connectivity index (χ4n) is 1.21. The van der Waals surface area contributed by atoms with Gasteiger partial charge in [0.15, 0.2) is 0 Å². The predicted octanol–water partition coefficient (Wildman–Crippen LogP) is 4.80. The van der Waals surface area contributed by atoms with E-state index >= 15 is 0 Å². The van der Waals surface area contributed by atoms with Crippen molar-refractivity contribution < 1.29 is 0 Å². The van der Waals surface area contributed by atoms with Gasteiger partial charge in [0, 0.05) is 5.69 Å². The Bertz CT molecular complexity index is 447. The Hall–Kier alpha value is -1.18. The average Bonchev–Trinajstić information content (AvgIpc) is 2.26. The highest BCUT2D eigenvalue weighted by atomic mass is 35.5. The number of benzene rings is 1. The second-order valence-corrected chi connectivity index (χ2v) is 4.14. The summed E-state index contributed by atoms with van der Waals surface area (Å²) in [5.41, 5.74) is 2.62. The minimum absolute atomic E-state index is 0.355. The summed E-state index contributed by atoms with van der Waals surface area (Å²) >= 11 is 11.9. The second kappa shape index (κ2) is 5.78. The van der Waals surface area contributed by atoms with Gasteiger partial charge in [0.1, 0.15) is 0 Å². The van der Waals surface area contributed by atoms with Crippen LogP contribution in [0.4, 0.5) is 5.69 Å². The maximum atomic E-state index is 5.98. The van der Waals surface area contributed by atoms with E-state index < -0.39 is 0 Å². The zero-order valence-corrected chi connectivity index (χ0v) is 10.6. The van der Waals surface area contributed by atoms with E-state index in [9.17, 15) is 0 Å². The zero-order valence-electron chi connectivity index (χ0n) is 9.06. The monoisotopic (exact) mass is 253 g/mol. The Kier molecular flexibility index (Phi) is 4.66. The van der Waals surface area contributed by atoms with E-state index in [0.717, 1.165) is 11.3 Å². The quantitative estimate of drug-likeness (QED) is 0.761. The lowest BCUT2D eigenvalue weighted by Crippen LogP contribution is -2.02. The number of rotatable bonds is 4. The molecule has 0 heterocycles. The summed E-state index contributed by atoms with van der Waals surface area (Å²) in [5.74, 6) is 0. The maximum absolute atomic E-state index is 5.98. The predicted molar refractivity (Wildman–Crippen MR) is 72.9 cm³/mol. The Morgan fingerprint density at radius 3 is 2.44 bits per heavy atom. The lowest BCUT2D eigenvalue weighted by Gasteiger charge is -2.13. The first kappa shape index (κ1) is 12.9. The molecule has 1 nitrogen and oxygen atoms in total. The van der Waals surface area contributed by atoms with Crippen molar-refractivity contribution in [2.24, 2.45) is 0 Å². The molecule has 0 bridgehead atoms. The SMILES string of the molecule is C=C/C(Cl)=C(/Nc1ccccc1C)C(=C)Cl. The molecule has 0 amide bonds. The molecule has 1 aromatic rings. The molecular formula is C13H13Cl2N. The van der Waals surface area contributed by atoms with Gasteiger partial charge in [0.05, 0.1) is 15.8 Å². The Morgan fingerprint density at radius 1 is 1.31 bits per heavy atom. The number of hydrogen-bond donors (Lipinski definition) is 1. The molecule has 84 valence electrons. The average molecular weight is 254 g/mol. The van der Waals surface area contributed by atoms with Crippen molar-refractivity contribution in [1.29, 1.82) is 0 Å². The summed E-state index contributed by atoms with van der Waals surface area (Å²) in [7, 11) is 0. The largest absolute Gasteiger partial charge is 0.353 e. The molecule has 0 atom stereocenters. The Balaban J connectivity index is 3.07. The molecule has 16 heavy (non-hydrogen) atoms. The third kappa shape index (κ3) is 3.16. The summed E-state index contributed by atoms with van der Waals surface area (Å²) < 4.78 is 0. The van der Waals surface area contributed by atoms with Crippen LogP contribution in [-0.4, -0.2) is 0 Å². The highest BCUT2D eigenvalue weighted by Crippen LogP contribution is 2.24. The Morgan fingerprint density at radius 2 is 1.94 bits per heavy atom. The van der Waals surface area contributed by atoms with Crippen LogP contribution in [0.1, 0.15) is 5.56 Å². The molecule has 0 aliphatic carbocycles. The molecule has 1 N–H and O–H groups in total. The van der Waals surface area contributed by atoms with Crippen molar-refractivity contribution in [2.45, 2.75) is 6.92 Å². The van der Waals surface area contributed by atoms with Crippen molar-refractivity contribution in [1.82, 2.24) is 0 Å². The third-order valence-corrected chi connectivity index (χ3v) is 2.63. The molecule has 0 aliphatic rings. The van der Waals surface area contributed by atoms with Crippen LogP contribution < -0.4 is 5.32 Å². The second-order valence-electron chi connectivity index (χ2n) is 3.27. The molecule has 3 heteroatoms. The van der Waals surface area contributed by atoms with Crippen molar-refractivity contribution in [2.75, 3.05) is 5.32 Å². The summed E-state index contributed by atoms with van der Waals surface area (Å²) in [6, 6.07) is 7.85. The van der Waals surface area contributed by atoms with Crippen LogP contribution in [-0.2, 0) is 0 Å². The van der Waals surface area contributed by atoms with E-state index in [1.165, 1.54) is 6.08 Å². The minimum atomic E-state index is 0.355. The van der Waals surface area contributed by atoms with Gasteiger partial charge < -0.3 is 5.32 Å². The lowest BCUT2D eigenvalue weighted by atomic mass is 10.2. The zero-order chi connectivity index (χ0) is 12.1. The first-order chi connectivity index (χ1) is 7.56. The highest BCUT2D eigenvalue weighted by molar-refractivity contribution is 6.36. The van der Waals surface area contributed by atoms with Gasteiger partial charge in [-0.1, -0.05) is 54.6 Å². The molecular weight excluding hydrogens is 241 g/mol. The normalized spacial score (nSPS) is 11.7.